The number of likely N-dealkylation sites (tertiary alicyclic amines) is 1. The third kappa shape index (κ3) is 4.47. The van der Waals surface area contributed by atoms with E-state index in [0.717, 1.165) is 25.8 Å². The van der Waals surface area contributed by atoms with Gasteiger partial charge in [0.1, 0.15) is 6.04 Å². The number of esters is 1. The van der Waals surface area contributed by atoms with Crippen LogP contribution in [0, 0.1) is 0 Å². The van der Waals surface area contributed by atoms with E-state index in [1.54, 1.807) is 7.11 Å². The minimum Gasteiger partial charge on any atom is -0.468 e. The predicted molar refractivity (Wildman–Crippen MR) is 70.7 cm³/mol. The zero-order valence-corrected chi connectivity index (χ0v) is 12.0. The van der Waals surface area contributed by atoms with Gasteiger partial charge in [-0.05, 0) is 26.3 Å². The number of methoxy groups -OCH3 is 2. The Morgan fingerprint density at radius 1 is 1.37 bits per heavy atom. The molecule has 0 aromatic rings. The van der Waals surface area contributed by atoms with Crippen LogP contribution in [-0.2, 0) is 19.1 Å². The second-order valence-electron chi connectivity index (χ2n) is 4.73. The molecular weight excluding hydrogens is 248 g/mol. The summed E-state index contributed by atoms with van der Waals surface area (Å²) >= 11 is 0. The monoisotopic (exact) mass is 272 g/mol. The molecule has 0 bridgehead atoms. The number of hydrogen-bond acceptors (Lipinski definition) is 5. The Morgan fingerprint density at radius 3 is 2.74 bits per heavy atom. The van der Waals surface area contributed by atoms with E-state index in [4.69, 9.17) is 9.47 Å². The van der Waals surface area contributed by atoms with Gasteiger partial charge in [-0.2, -0.15) is 0 Å². The molecule has 1 heterocycles. The van der Waals surface area contributed by atoms with Crippen LogP contribution in [0.15, 0.2) is 0 Å². The molecule has 1 rings (SSSR count). The summed E-state index contributed by atoms with van der Waals surface area (Å²) < 4.78 is 9.71. The lowest BCUT2D eigenvalue weighted by Gasteiger charge is -2.37. The summed E-state index contributed by atoms with van der Waals surface area (Å²) in [6, 6.07) is -0.636. The minimum atomic E-state index is -0.332. The molecule has 0 aromatic heterocycles. The largest absolute Gasteiger partial charge is 0.468 e. The number of nitrogens with one attached hydrogen (secondary N) is 1. The Labute approximate surface area is 114 Å². The smallest absolute Gasteiger partial charge is 0.323 e. The van der Waals surface area contributed by atoms with Crippen molar-refractivity contribution in [2.75, 3.05) is 33.9 Å². The van der Waals surface area contributed by atoms with Crippen LogP contribution in [0.5, 0.6) is 0 Å². The number of carbonyl (C=O) groups excluding carboxylic acids is 2. The van der Waals surface area contributed by atoms with Crippen LogP contribution < -0.4 is 5.32 Å². The molecule has 1 N–H and O–H groups in total. The van der Waals surface area contributed by atoms with Crippen LogP contribution in [0.25, 0.3) is 0 Å². The van der Waals surface area contributed by atoms with Crippen LogP contribution in [-0.4, -0.2) is 62.8 Å². The Hall–Kier alpha value is -1.14. The van der Waals surface area contributed by atoms with Gasteiger partial charge in [-0.3, -0.25) is 14.5 Å². The average Bonchev–Trinajstić information content (AvgIpc) is 2.45. The van der Waals surface area contributed by atoms with Crippen molar-refractivity contribution in [1.82, 2.24) is 10.2 Å². The second kappa shape index (κ2) is 8.12. The number of ether oxygens (including phenoxy) is 2. The first kappa shape index (κ1) is 15.9. The summed E-state index contributed by atoms with van der Waals surface area (Å²) in [6.45, 7) is 3.54. The number of hydrogen-bond donors (Lipinski definition) is 1. The SMILES string of the molecule is COCCNC(=O)C(C)N1CCCC[C@@H]1C(=O)OC. The number of amides is 1. The van der Waals surface area contributed by atoms with Gasteiger partial charge in [-0.25, -0.2) is 0 Å². The van der Waals surface area contributed by atoms with E-state index in [-0.39, 0.29) is 24.0 Å². The fourth-order valence-electron chi connectivity index (χ4n) is 2.38. The summed E-state index contributed by atoms with van der Waals surface area (Å²) in [5.74, 6) is -0.330. The molecule has 2 atom stereocenters. The molecular formula is C13H24N2O4. The van der Waals surface area contributed by atoms with Gasteiger partial charge in [0, 0.05) is 13.7 Å². The van der Waals surface area contributed by atoms with Gasteiger partial charge in [0.05, 0.1) is 19.8 Å². The average molecular weight is 272 g/mol. The molecule has 110 valence electrons. The van der Waals surface area contributed by atoms with Crippen molar-refractivity contribution in [3.8, 4) is 0 Å². The summed E-state index contributed by atoms with van der Waals surface area (Å²) in [5.41, 5.74) is 0. The van der Waals surface area contributed by atoms with E-state index in [0.29, 0.717) is 13.2 Å². The number of rotatable bonds is 6. The standard InChI is InChI=1S/C13H24N2O4/c1-10(12(16)14-7-9-18-2)15-8-5-4-6-11(15)13(17)19-3/h10-11H,4-9H2,1-3H3,(H,14,16)/t10?,11-/m1/s1. The third-order valence-corrected chi connectivity index (χ3v) is 3.50. The Balaban J connectivity index is 2.58. The zero-order valence-electron chi connectivity index (χ0n) is 12.0. The van der Waals surface area contributed by atoms with Gasteiger partial charge < -0.3 is 14.8 Å². The van der Waals surface area contributed by atoms with E-state index >= 15 is 0 Å². The van der Waals surface area contributed by atoms with E-state index in [2.05, 4.69) is 5.32 Å². The first-order chi connectivity index (χ1) is 9.11. The highest BCUT2D eigenvalue weighted by molar-refractivity contribution is 5.83. The maximum atomic E-state index is 12.0. The van der Waals surface area contributed by atoms with Crippen molar-refractivity contribution in [1.29, 1.82) is 0 Å². The molecule has 0 spiro atoms. The fourth-order valence-corrected chi connectivity index (χ4v) is 2.38. The molecule has 1 saturated heterocycles. The highest BCUT2D eigenvalue weighted by Crippen LogP contribution is 2.20. The van der Waals surface area contributed by atoms with E-state index < -0.39 is 0 Å². The third-order valence-electron chi connectivity index (χ3n) is 3.50. The predicted octanol–water partition coefficient (Wildman–Crippen LogP) is 0.165. The molecule has 1 aliphatic rings. The zero-order chi connectivity index (χ0) is 14.3. The highest BCUT2D eigenvalue weighted by atomic mass is 16.5. The molecule has 0 saturated carbocycles. The fraction of sp³-hybridized carbons (Fsp3) is 0.846. The highest BCUT2D eigenvalue weighted by Gasteiger charge is 2.34. The summed E-state index contributed by atoms with van der Waals surface area (Å²) in [6.07, 6.45) is 2.75. The Morgan fingerprint density at radius 2 is 2.11 bits per heavy atom. The maximum absolute atomic E-state index is 12.0. The molecule has 0 aliphatic carbocycles. The van der Waals surface area contributed by atoms with Crippen LogP contribution in [0.3, 0.4) is 0 Å². The Bertz CT molecular complexity index is 309. The number of nitrogens with zero attached hydrogens (tertiary/aromatic N) is 1. The lowest BCUT2D eigenvalue weighted by molar-refractivity contribution is -0.150. The van der Waals surface area contributed by atoms with Crippen LogP contribution in [0.2, 0.25) is 0 Å². The lowest BCUT2D eigenvalue weighted by Crippen LogP contribution is -2.54. The van der Waals surface area contributed by atoms with Crippen molar-refractivity contribution in [3.05, 3.63) is 0 Å². The molecule has 0 aromatic carbocycles. The van der Waals surface area contributed by atoms with Crippen molar-refractivity contribution >= 4 is 11.9 Å². The van der Waals surface area contributed by atoms with Gasteiger partial charge in [0.2, 0.25) is 5.91 Å². The second-order valence-corrected chi connectivity index (χ2v) is 4.73. The van der Waals surface area contributed by atoms with Crippen molar-refractivity contribution < 1.29 is 19.1 Å². The van der Waals surface area contributed by atoms with Gasteiger partial charge >= 0.3 is 5.97 Å². The Kier molecular flexibility index (Phi) is 6.80. The molecule has 6 heteroatoms. The lowest BCUT2D eigenvalue weighted by atomic mass is 10.00. The molecule has 1 unspecified atom stereocenters. The first-order valence-corrected chi connectivity index (χ1v) is 6.72. The van der Waals surface area contributed by atoms with Gasteiger partial charge in [-0.1, -0.05) is 6.42 Å². The number of piperidine rings is 1. The van der Waals surface area contributed by atoms with Crippen LogP contribution in [0.1, 0.15) is 26.2 Å². The summed E-state index contributed by atoms with van der Waals surface area (Å²) in [4.78, 5) is 25.7. The molecule has 1 aliphatic heterocycles. The molecule has 1 fully saturated rings. The van der Waals surface area contributed by atoms with Crippen molar-refractivity contribution in [3.63, 3.8) is 0 Å². The quantitative estimate of drug-likeness (QED) is 0.551. The minimum absolute atomic E-state index is 0.0761. The van der Waals surface area contributed by atoms with E-state index in [1.807, 2.05) is 11.8 Å². The van der Waals surface area contributed by atoms with E-state index in [9.17, 15) is 9.59 Å². The van der Waals surface area contributed by atoms with Gasteiger partial charge in [0.25, 0.3) is 0 Å². The molecule has 6 nitrogen and oxygen atoms in total. The first-order valence-electron chi connectivity index (χ1n) is 6.72. The molecule has 0 radical (unpaired) electrons. The van der Waals surface area contributed by atoms with Crippen molar-refractivity contribution in [2.45, 2.75) is 38.3 Å². The van der Waals surface area contributed by atoms with E-state index in [1.165, 1.54) is 7.11 Å². The molecule has 1 amide bonds. The van der Waals surface area contributed by atoms with Crippen LogP contribution >= 0.6 is 0 Å². The van der Waals surface area contributed by atoms with Crippen LogP contribution in [0.4, 0.5) is 0 Å². The van der Waals surface area contributed by atoms with Crippen molar-refractivity contribution in [2.24, 2.45) is 0 Å². The maximum Gasteiger partial charge on any atom is 0.323 e. The normalized spacial score (nSPS) is 21.7. The topological polar surface area (TPSA) is 67.9 Å². The van der Waals surface area contributed by atoms with Gasteiger partial charge in [0.15, 0.2) is 0 Å². The molecule has 19 heavy (non-hydrogen) atoms. The van der Waals surface area contributed by atoms with Gasteiger partial charge in [-0.15, -0.1) is 0 Å². The summed E-state index contributed by atoms with van der Waals surface area (Å²) in [5, 5.41) is 2.80. The summed E-state index contributed by atoms with van der Waals surface area (Å²) in [7, 11) is 2.98. The number of carbonyl (C=O) groups is 2.